The van der Waals surface area contributed by atoms with E-state index in [1.807, 2.05) is 0 Å². The number of ether oxygens (including phenoxy) is 1. The molecule has 1 aromatic carbocycles. The Labute approximate surface area is 195 Å². The van der Waals surface area contributed by atoms with Crippen molar-refractivity contribution in [3.05, 3.63) is 53.9 Å². The molecule has 192 valence electrons. The van der Waals surface area contributed by atoms with E-state index >= 15 is 0 Å². The number of fused-ring (bicyclic) bond motifs is 1. The van der Waals surface area contributed by atoms with E-state index < -0.39 is 68.4 Å². The van der Waals surface area contributed by atoms with Crippen molar-refractivity contribution in [1.82, 2.24) is 9.29 Å². The van der Waals surface area contributed by atoms with Crippen molar-refractivity contribution in [2.45, 2.75) is 35.8 Å². The van der Waals surface area contributed by atoms with Crippen molar-refractivity contribution in [2.24, 2.45) is 7.05 Å². The molecule has 2 aromatic rings. The number of sulfonamides is 1. The summed E-state index contributed by atoms with van der Waals surface area (Å²) in [6.07, 6.45) is -9.04. The van der Waals surface area contributed by atoms with Crippen molar-refractivity contribution in [2.75, 3.05) is 11.9 Å². The van der Waals surface area contributed by atoms with E-state index in [4.69, 9.17) is 4.74 Å². The summed E-state index contributed by atoms with van der Waals surface area (Å²) in [7, 11) is -3.53. The third-order valence-electron chi connectivity index (χ3n) is 5.40. The molecular formula is C20H19F6N3O5S. The number of hydrogen-bond acceptors (Lipinski definition) is 5. The van der Waals surface area contributed by atoms with Crippen molar-refractivity contribution in [3.8, 4) is 5.75 Å². The molecule has 0 radical (unpaired) electrons. The number of benzene rings is 1. The zero-order valence-electron chi connectivity index (χ0n) is 18.1. The quantitative estimate of drug-likeness (QED) is 0.418. The van der Waals surface area contributed by atoms with E-state index in [-0.39, 0.29) is 17.3 Å². The summed E-state index contributed by atoms with van der Waals surface area (Å²) in [6, 6.07) is 0.724. The highest BCUT2D eigenvalue weighted by Gasteiger charge is 2.58. The summed E-state index contributed by atoms with van der Waals surface area (Å²) in [6.45, 7) is 3.09. The molecule has 1 amide bonds. The second-order valence-electron chi connectivity index (χ2n) is 7.78. The van der Waals surface area contributed by atoms with Gasteiger partial charge in [0.25, 0.3) is 5.91 Å². The topological polar surface area (TPSA) is 110 Å². The average Bonchev–Trinajstić information content (AvgIpc) is 3.00. The Bertz CT molecular complexity index is 1290. The van der Waals surface area contributed by atoms with E-state index in [2.05, 4.69) is 11.9 Å². The first-order chi connectivity index (χ1) is 15.9. The molecule has 0 saturated heterocycles. The highest BCUT2D eigenvalue weighted by Crippen LogP contribution is 2.39. The van der Waals surface area contributed by atoms with Crippen LogP contribution in [0.1, 0.15) is 21.6 Å². The predicted octanol–water partition coefficient (Wildman–Crippen LogP) is 3.12. The number of carbonyl (C=O) groups excluding carboxylic acids is 1. The molecule has 0 bridgehead atoms. The van der Waals surface area contributed by atoms with Gasteiger partial charge < -0.3 is 19.7 Å². The fourth-order valence-electron chi connectivity index (χ4n) is 3.49. The molecule has 3 rings (SSSR count). The summed E-state index contributed by atoms with van der Waals surface area (Å²) in [5, 5.41) is 12.3. The van der Waals surface area contributed by atoms with Crippen LogP contribution in [0.15, 0.2) is 41.9 Å². The highest BCUT2D eigenvalue weighted by molar-refractivity contribution is 7.89. The summed E-state index contributed by atoms with van der Waals surface area (Å²) in [5.41, 5.74) is -5.58. The monoisotopic (exact) mass is 527 g/mol. The van der Waals surface area contributed by atoms with Gasteiger partial charge in [0.05, 0.1) is 11.6 Å². The normalized spacial score (nSPS) is 19.6. The first kappa shape index (κ1) is 26.6. The fourth-order valence-corrected chi connectivity index (χ4v) is 4.94. The molecule has 0 aliphatic carbocycles. The van der Waals surface area contributed by atoms with Crippen LogP contribution in [0.2, 0.25) is 0 Å². The number of hydrogen-bond donors (Lipinski definition) is 3. The number of carbonyl (C=O) groups is 1. The van der Waals surface area contributed by atoms with Crippen LogP contribution in [0.5, 0.6) is 5.75 Å². The number of amides is 1. The third-order valence-corrected chi connectivity index (χ3v) is 6.86. The third kappa shape index (κ3) is 4.75. The molecule has 1 aromatic heterocycles. The van der Waals surface area contributed by atoms with Crippen molar-refractivity contribution >= 4 is 21.6 Å². The van der Waals surface area contributed by atoms with E-state index in [1.54, 1.807) is 4.72 Å². The van der Waals surface area contributed by atoms with Crippen molar-refractivity contribution in [3.63, 3.8) is 0 Å². The number of nitrogens with one attached hydrogen (secondary N) is 2. The van der Waals surface area contributed by atoms with Crippen LogP contribution in [0.3, 0.4) is 0 Å². The van der Waals surface area contributed by atoms with Gasteiger partial charge in [0.15, 0.2) is 17.0 Å². The van der Waals surface area contributed by atoms with Gasteiger partial charge in [0, 0.05) is 18.9 Å². The molecule has 2 atom stereocenters. The van der Waals surface area contributed by atoms with E-state index in [0.29, 0.717) is 6.07 Å². The smallest absolute Gasteiger partial charge is 0.422 e. The molecule has 1 aliphatic rings. The number of alkyl halides is 6. The number of anilines is 1. The zero-order chi connectivity index (χ0) is 26.6. The van der Waals surface area contributed by atoms with Crippen LogP contribution in [0.4, 0.5) is 32.0 Å². The SMILES string of the molecule is C=C[C@](O)([C@@H]1COc2c(cn(C)c2C(=O)Nc2ccc(C)c(C(F)(F)F)c2)S(=O)(=O)N1)C(F)(F)F. The van der Waals surface area contributed by atoms with Crippen LogP contribution in [0.25, 0.3) is 0 Å². The molecule has 0 saturated carbocycles. The van der Waals surface area contributed by atoms with Gasteiger partial charge in [-0.2, -0.15) is 26.3 Å². The van der Waals surface area contributed by atoms with Crippen molar-refractivity contribution in [1.29, 1.82) is 0 Å². The Hall–Kier alpha value is -3.04. The van der Waals surface area contributed by atoms with E-state index in [0.717, 1.165) is 16.8 Å². The number of rotatable bonds is 4. The summed E-state index contributed by atoms with van der Waals surface area (Å²) >= 11 is 0. The average molecular weight is 527 g/mol. The second-order valence-corrected chi connectivity index (χ2v) is 9.46. The molecule has 2 heterocycles. The lowest BCUT2D eigenvalue weighted by atomic mass is 9.95. The standard InChI is InChI=1S/C20H19F6N3O5S/c1-4-18(31,20(24,25)26)14-9-34-16-13(35(32,33)28-14)8-29(3)15(16)17(30)27-11-6-5-10(2)12(7-11)19(21,22)23/h4-8,14,28,31H,1,9H2,2-3H3,(H,27,30)/t14-,18-/m0/s1. The molecule has 0 fully saturated rings. The lowest BCUT2D eigenvalue weighted by Gasteiger charge is -2.33. The minimum Gasteiger partial charge on any atom is -0.488 e. The summed E-state index contributed by atoms with van der Waals surface area (Å²) in [4.78, 5) is 12.2. The Morgan fingerprint density at radius 1 is 1.29 bits per heavy atom. The van der Waals surface area contributed by atoms with Gasteiger partial charge in [-0.1, -0.05) is 12.6 Å². The molecule has 0 unspecified atom stereocenters. The predicted molar refractivity (Wildman–Crippen MR) is 110 cm³/mol. The van der Waals surface area contributed by atoms with Crippen LogP contribution < -0.4 is 14.8 Å². The Kier molecular flexibility index (Phi) is 6.50. The maximum Gasteiger partial charge on any atom is 0.422 e. The van der Waals surface area contributed by atoms with E-state index in [9.17, 15) is 44.7 Å². The second kappa shape index (κ2) is 8.57. The number of aromatic nitrogens is 1. The molecular weight excluding hydrogens is 508 g/mol. The lowest BCUT2D eigenvalue weighted by Crippen LogP contribution is -2.61. The van der Waals surface area contributed by atoms with E-state index in [1.165, 1.54) is 20.0 Å². The number of aryl methyl sites for hydroxylation is 2. The highest BCUT2D eigenvalue weighted by atomic mass is 32.2. The number of halogens is 6. The van der Waals surface area contributed by atoms with Gasteiger partial charge in [-0.15, -0.1) is 0 Å². The molecule has 8 nitrogen and oxygen atoms in total. The number of aliphatic hydroxyl groups is 1. The van der Waals surface area contributed by atoms with Gasteiger partial charge in [0.1, 0.15) is 11.5 Å². The summed E-state index contributed by atoms with van der Waals surface area (Å²) in [5.74, 6) is -1.73. The Balaban J connectivity index is 2.00. The first-order valence-electron chi connectivity index (χ1n) is 9.68. The maximum absolute atomic E-state index is 13.4. The Morgan fingerprint density at radius 3 is 2.46 bits per heavy atom. The molecule has 1 aliphatic heterocycles. The van der Waals surface area contributed by atoms with Crippen LogP contribution in [0, 0.1) is 6.92 Å². The van der Waals surface area contributed by atoms with Crippen LogP contribution in [-0.2, 0) is 23.2 Å². The molecule has 3 N–H and O–H groups in total. The van der Waals surface area contributed by atoms with Gasteiger partial charge in [-0.3, -0.25) is 4.79 Å². The first-order valence-corrected chi connectivity index (χ1v) is 11.2. The minimum atomic E-state index is -5.33. The van der Waals surface area contributed by atoms with Crippen molar-refractivity contribution < 1.29 is 49.4 Å². The fraction of sp³-hybridized carbons (Fsp3) is 0.350. The molecule has 0 spiro atoms. The molecule has 15 heteroatoms. The number of nitrogens with zero attached hydrogens (tertiary/aromatic N) is 1. The van der Waals surface area contributed by atoms with Crippen LogP contribution in [-0.4, -0.2) is 48.4 Å². The lowest BCUT2D eigenvalue weighted by molar-refractivity contribution is -0.249. The Morgan fingerprint density at radius 2 is 1.91 bits per heavy atom. The maximum atomic E-state index is 13.4. The van der Waals surface area contributed by atoms with Gasteiger partial charge in [0.2, 0.25) is 10.0 Å². The van der Waals surface area contributed by atoms with Gasteiger partial charge in [-0.25, -0.2) is 13.1 Å². The molecule has 35 heavy (non-hydrogen) atoms. The van der Waals surface area contributed by atoms with Crippen LogP contribution >= 0.6 is 0 Å². The van der Waals surface area contributed by atoms with Gasteiger partial charge in [-0.05, 0) is 30.7 Å². The largest absolute Gasteiger partial charge is 0.488 e. The zero-order valence-corrected chi connectivity index (χ0v) is 18.9. The van der Waals surface area contributed by atoms with Gasteiger partial charge >= 0.3 is 12.4 Å². The summed E-state index contributed by atoms with van der Waals surface area (Å²) < 4.78 is 113. The minimum absolute atomic E-state index is 0.103.